The summed E-state index contributed by atoms with van der Waals surface area (Å²) in [4.78, 5) is 12.0. The fraction of sp³-hybridized carbons (Fsp3) is 0.385. The number of amides is 1. The van der Waals surface area contributed by atoms with E-state index in [0.717, 1.165) is 0 Å². The van der Waals surface area contributed by atoms with Crippen LogP contribution in [0.3, 0.4) is 0 Å². The van der Waals surface area contributed by atoms with E-state index in [2.05, 4.69) is 5.10 Å². The van der Waals surface area contributed by atoms with E-state index in [1.807, 2.05) is 0 Å². The van der Waals surface area contributed by atoms with Gasteiger partial charge in [-0.15, -0.1) is 0 Å². The van der Waals surface area contributed by atoms with E-state index in [-0.39, 0.29) is 26.5 Å². The second kappa shape index (κ2) is 6.18. The number of carbonyl (C=O) groups is 1. The lowest BCUT2D eigenvalue weighted by molar-refractivity contribution is -0.302. The minimum Gasteiger partial charge on any atom is -0.484 e. The molecule has 1 N–H and O–H groups in total. The number of benzene rings is 1. The van der Waals surface area contributed by atoms with E-state index in [0.29, 0.717) is 0 Å². The first-order chi connectivity index (χ1) is 10.5. The van der Waals surface area contributed by atoms with E-state index in [1.54, 1.807) is 0 Å². The number of hydrogen-bond acceptors (Lipinski definition) is 4. The molecule has 1 heterocycles. The molecular weight excluding hydrogens is 360 g/mol. The van der Waals surface area contributed by atoms with E-state index in [1.165, 1.54) is 25.1 Å². The topological polar surface area (TPSA) is 62.1 Å². The first-order valence-corrected chi connectivity index (χ1v) is 7.04. The number of hydrogen-bond donors (Lipinski definition) is 1. The van der Waals surface area contributed by atoms with E-state index < -0.39 is 30.8 Å². The molecule has 126 valence electrons. The zero-order chi connectivity index (χ0) is 17.4. The third-order valence-electron chi connectivity index (χ3n) is 3.07. The van der Waals surface area contributed by atoms with Crippen molar-refractivity contribution in [2.45, 2.75) is 25.2 Å². The van der Waals surface area contributed by atoms with Gasteiger partial charge in [0.05, 0.1) is 10.0 Å². The predicted molar refractivity (Wildman–Crippen MR) is 77.5 cm³/mol. The van der Waals surface area contributed by atoms with Gasteiger partial charge in [0.2, 0.25) is 0 Å². The van der Waals surface area contributed by atoms with Crippen LogP contribution in [0.4, 0.5) is 13.2 Å². The molecule has 0 saturated heterocycles. The molecule has 10 heteroatoms. The van der Waals surface area contributed by atoms with Gasteiger partial charge in [-0.3, -0.25) is 4.79 Å². The van der Waals surface area contributed by atoms with Crippen LogP contribution in [-0.2, 0) is 4.79 Å². The van der Waals surface area contributed by atoms with Crippen molar-refractivity contribution in [2.75, 3.05) is 6.61 Å². The Hall–Kier alpha value is -1.51. The van der Waals surface area contributed by atoms with Crippen LogP contribution in [0.2, 0.25) is 10.0 Å². The molecule has 23 heavy (non-hydrogen) atoms. The Labute approximate surface area is 139 Å². The number of ether oxygens (including phenoxy) is 1. The summed E-state index contributed by atoms with van der Waals surface area (Å²) < 4.78 is 44.1. The predicted octanol–water partition coefficient (Wildman–Crippen LogP) is 3.23. The number of rotatable bonds is 3. The number of alkyl halides is 3. The quantitative estimate of drug-likeness (QED) is 0.888. The molecule has 5 nitrogen and oxygen atoms in total. The zero-order valence-corrected chi connectivity index (χ0v) is 13.2. The molecule has 1 atom stereocenters. The molecule has 0 unspecified atom stereocenters. The second-order valence-electron chi connectivity index (χ2n) is 4.90. The molecule has 2 rings (SSSR count). The van der Waals surface area contributed by atoms with Gasteiger partial charge in [-0.05, 0) is 19.1 Å². The molecule has 1 aliphatic rings. The van der Waals surface area contributed by atoms with E-state index in [4.69, 9.17) is 27.9 Å². The lowest BCUT2D eigenvalue weighted by atomic mass is 10.1. The summed E-state index contributed by atoms with van der Waals surface area (Å²) in [6.45, 7) is 0.525. The standard InChI is InChI=1S/C13H11Cl2F3N2O3/c1-7-5-12(22,13(16,17)18)20(19-7)11(21)6-23-8-2-3-9(14)10(15)4-8/h2-4,22H,5-6H2,1H3/t12-/m0/s1. The van der Waals surface area contributed by atoms with Crippen molar-refractivity contribution in [3.63, 3.8) is 0 Å². The van der Waals surface area contributed by atoms with Crippen molar-refractivity contribution in [3.8, 4) is 5.75 Å². The van der Waals surface area contributed by atoms with Crippen molar-refractivity contribution in [1.82, 2.24) is 5.01 Å². The molecule has 0 fully saturated rings. The largest absolute Gasteiger partial charge is 0.484 e. The van der Waals surface area contributed by atoms with Gasteiger partial charge < -0.3 is 9.84 Å². The van der Waals surface area contributed by atoms with Gasteiger partial charge in [0.1, 0.15) is 5.75 Å². The normalized spacial score (nSPS) is 21.3. The summed E-state index contributed by atoms with van der Waals surface area (Å²) in [6.07, 6.45) is -5.86. The Morgan fingerprint density at radius 3 is 2.65 bits per heavy atom. The van der Waals surface area contributed by atoms with E-state index >= 15 is 0 Å². The lowest BCUT2D eigenvalue weighted by Gasteiger charge is -2.32. The van der Waals surface area contributed by atoms with Gasteiger partial charge in [-0.25, -0.2) is 0 Å². The van der Waals surface area contributed by atoms with Crippen molar-refractivity contribution in [3.05, 3.63) is 28.2 Å². The van der Waals surface area contributed by atoms with Crippen LogP contribution in [0.25, 0.3) is 0 Å². The molecule has 0 aromatic heterocycles. The summed E-state index contributed by atoms with van der Waals surface area (Å²) in [6, 6.07) is 4.12. The first kappa shape index (κ1) is 17.8. The molecule has 0 radical (unpaired) electrons. The molecule has 0 bridgehead atoms. The van der Waals surface area contributed by atoms with Crippen LogP contribution in [0.1, 0.15) is 13.3 Å². The number of nitrogens with zero attached hydrogens (tertiary/aromatic N) is 2. The van der Waals surface area contributed by atoms with Crippen LogP contribution in [-0.4, -0.2) is 40.2 Å². The Kier molecular flexibility index (Phi) is 4.79. The fourth-order valence-electron chi connectivity index (χ4n) is 1.98. The summed E-state index contributed by atoms with van der Waals surface area (Å²) in [5.41, 5.74) is -3.39. The zero-order valence-electron chi connectivity index (χ0n) is 11.7. The minimum absolute atomic E-state index is 0.000140. The molecule has 1 aromatic carbocycles. The SMILES string of the molecule is CC1=NN(C(=O)COc2ccc(Cl)c(Cl)c2)[C@@](O)(C(F)(F)F)C1. The maximum Gasteiger partial charge on any atom is 0.438 e. The van der Waals surface area contributed by atoms with Gasteiger partial charge in [-0.2, -0.15) is 23.3 Å². The average molecular weight is 371 g/mol. The highest BCUT2D eigenvalue weighted by Gasteiger charge is 2.62. The van der Waals surface area contributed by atoms with Crippen molar-refractivity contribution >= 4 is 34.8 Å². The first-order valence-electron chi connectivity index (χ1n) is 6.28. The van der Waals surface area contributed by atoms with Crippen LogP contribution < -0.4 is 4.74 Å². The third-order valence-corrected chi connectivity index (χ3v) is 3.81. The average Bonchev–Trinajstić information content (AvgIpc) is 2.76. The van der Waals surface area contributed by atoms with Gasteiger partial charge in [0.25, 0.3) is 11.6 Å². The summed E-state index contributed by atoms with van der Waals surface area (Å²) >= 11 is 11.5. The van der Waals surface area contributed by atoms with Crippen molar-refractivity contribution in [1.29, 1.82) is 0 Å². The Morgan fingerprint density at radius 2 is 2.09 bits per heavy atom. The monoisotopic (exact) mass is 370 g/mol. The number of halogens is 5. The molecular formula is C13H11Cl2F3N2O3. The maximum absolute atomic E-state index is 13.0. The minimum atomic E-state index is -5.05. The molecule has 0 aliphatic carbocycles. The molecule has 0 saturated carbocycles. The van der Waals surface area contributed by atoms with Crippen LogP contribution in [0.15, 0.2) is 23.3 Å². The van der Waals surface area contributed by atoms with Gasteiger partial charge >= 0.3 is 6.18 Å². The molecule has 1 aromatic rings. The van der Waals surface area contributed by atoms with Crippen molar-refractivity contribution in [2.24, 2.45) is 5.10 Å². The lowest BCUT2D eigenvalue weighted by Crippen LogP contribution is -2.57. The highest BCUT2D eigenvalue weighted by molar-refractivity contribution is 6.42. The molecule has 0 spiro atoms. The van der Waals surface area contributed by atoms with Crippen LogP contribution in [0.5, 0.6) is 5.75 Å². The highest BCUT2D eigenvalue weighted by Crippen LogP contribution is 2.40. The number of hydrazone groups is 1. The highest BCUT2D eigenvalue weighted by atomic mass is 35.5. The third kappa shape index (κ3) is 3.54. The van der Waals surface area contributed by atoms with Crippen molar-refractivity contribution < 1.29 is 27.8 Å². The Bertz CT molecular complexity index is 666. The van der Waals surface area contributed by atoms with Gasteiger partial charge in [0.15, 0.2) is 6.61 Å². The Morgan fingerprint density at radius 1 is 1.43 bits per heavy atom. The Balaban J connectivity index is 2.11. The molecule has 1 amide bonds. The summed E-state index contributed by atoms with van der Waals surface area (Å²) in [5, 5.41) is 13.7. The van der Waals surface area contributed by atoms with Crippen LogP contribution in [0, 0.1) is 0 Å². The maximum atomic E-state index is 13.0. The molecule has 1 aliphatic heterocycles. The summed E-state index contributed by atoms with van der Waals surface area (Å²) in [5.74, 6) is -1.00. The van der Waals surface area contributed by atoms with Gasteiger partial charge in [-0.1, -0.05) is 23.2 Å². The van der Waals surface area contributed by atoms with Gasteiger partial charge in [0, 0.05) is 18.2 Å². The second-order valence-corrected chi connectivity index (χ2v) is 5.71. The van der Waals surface area contributed by atoms with E-state index in [9.17, 15) is 23.1 Å². The fourth-order valence-corrected chi connectivity index (χ4v) is 2.26. The smallest absolute Gasteiger partial charge is 0.438 e. The number of carbonyl (C=O) groups excluding carboxylic acids is 1. The number of aliphatic hydroxyl groups is 1. The van der Waals surface area contributed by atoms with Crippen LogP contribution >= 0.6 is 23.2 Å². The summed E-state index contributed by atoms with van der Waals surface area (Å²) in [7, 11) is 0.